The molecule has 124 valence electrons. The van der Waals surface area contributed by atoms with Gasteiger partial charge in [-0.05, 0) is 29.8 Å². The van der Waals surface area contributed by atoms with Gasteiger partial charge in [0.15, 0.2) is 5.70 Å². The molecule has 0 spiro atoms. The van der Waals surface area contributed by atoms with Crippen molar-refractivity contribution >= 4 is 35.2 Å². The van der Waals surface area contributed by atoms with Crippen LogP contribution in [-0.2, 0) is 9.53 Å². The minimum absolute atomic E-state index is 0.00339. The van der Waals surface area contributed by atoms with Crippen LogP contribution in [0.1, 0.15) is 11.1 Å². The van der Waals surface area contributed by atoms with Crippen LogP contribution in [0.4, 0.5) is 5.69 Å². The summed E-state index contributed by atoms with van der Waals surface area (Å²) in [6.07, 6.45) is 4.71. The summed E-state index contributed by atoms with van der Waals surface area (Å²) in [5.41, 5.74) is 1.37. The molecule has 0 amide bonds. The number of hydrogen-bond acceptors (Lipinski definition) is 5. The van der Waals surface area contributed by atoms with Gasteiger partial charge in [0.1, 0.15) is 0 Å². The number of non-ortho nitro benzene ring substituents is 1. The molecule has 2 aromatic rings. The number of carbonyl (C=O) groups is 1. The fourth-order valence-electron chi connectivity index (χ4n) is 2.16. The van der Waals surface area contributed by atoms with Crippen LogP contribution in [0.2, 0.25) is 5.02 Å². The molecule has 0 unspecified atom stereocenters. The van der Waals surface area contributed by atoms with Crippen LogP contribution in [0.5, 0.6) is 0 Å². The summed E-state index contributed by atoms with van der Waals surface area (Å²) in [5.74, 6) is -0.388. The molecule has 0 fully saturated rings. The normalized spacial score (nSPS) is 15.5. The van der Waals surface area contributed by atoms with Crippen molar-refractivity contribution in [1.29, 1.82) is 0 Å². The summed E-state index contributed by atoms with van der Waals surface area (Å²) >= 11 is 5.91. The van der Waals surface area contributed by atoms with Crippen LogP contribution < -0.4 is 0 Å². The average Bonchev–Trinajstić information content (AvgIpc) is 2.96. The molecule has 0 aromatic heterocycles. The number of allylic oxidation sites excluding steroid dienone is 2. The zero-order chi connectivity index (χ0) is 17.8. The summed E-state index contributed by atoms with van der Waals surface area (Å²) in [4.78, 5) is 26.3. The molecular weight excluding hydrogens is 344 g/mol. The van der Waals surface area contributed by atoms with Gasteiger partial charge in [-0.3, -0.25) is 10.1 Å². The van der Waals surface area contributed by atoms with Crippen molar-refractivity contribution in [3.8, 4) is 0 Å². The molecule has 25 heavy (non-hydrogen) atoms. The lowest BCUT2D eigenvalue weighted by Gasteiger charge is -1.98. The van der Waals surface area contributed by atoms with Crippen molar-refractivity contribution < 1.29 is 14.5 Å². The highest BCUT2D eigenvalue weighted by Crippen LogP contribution is 2.19. The van der Waals surface area contributed by atoms with E-state index in [0.717, 1.165) is 0 Å². The van der Waals surface area contributed by atoms with Crippen molar-refractivity contribution in [3.05, 3.63) is 92.6 Å². The van der Waals surface area contributed by atoms with E-state index < -0.39 is 10.9 Å². The number of nitro groups is 1. The van der Waals surface area contributed by atoms with Crippen molar-refractivity contribution in [2.75, 3.05) is 0 Å². The molecule has 7 heteroatoms. The van der Waals surface area contributed by atoms with E-state index in [0.29, 0.717) is 16.1 Å². The van der Waals surface area contributed by atoms with Crippen molar-refractivity contribution in [2.45, 2.75) is 0 Å². The highest BCUT2D eigenvalue weighted by molar-refractivity contribution is 6.31. The van der Waals surface area contributed by atoms with E-state index in [1.54, 1.807) is 48.6 Å². The van der Waals surface area contributed by atoms with Crippen LogP contribution in [0.3, 0.4) is 0 Å². The maximum Gasteiger partial charge on any atom is 0.363 e. The van der Waals surface area contributed by atoms with Crippen molar-refractivity contribution in [1.82, 2.24) is 0 Å². The van der Waals surface area contributed by atoms with Crippen LogP contribution in [0, 0.1) is 10.1 Å². The Hall–Kier alpha value is -3.25. The molecule has 3 rings (SSSR count). The summed E-state index contributed by atoms with van der Waals surface area (Å²) in [6.45, 7) is 0. The molecule has 0 aliphatic carbocycles. The van der Waals surface area contributed by atoms with Crippen LogP contribution in [0.15, 0.2) is 71.4 Å². The Morgan fingerprint density at radius 3 is 2.72 bits per heavy atom. The average molecular weight is 355 g/mol. The number of esters is 1. The summed E-state index contributed by atoms with van der Waals surface area (Å²) in [7, 11) is 0. The third kappa shape index (κ3) is 3.99. The van der Waals surface area contributed by atoms with Gasteiger partial charge in [0.25, 0.3) is 5.69 Å². The lowest BCUT2D eigenvalue weighted by Crippen LogP contribution is -2.05. The van der Waals surface area contributed by atoms with Gasteiger partial charge in [-0.1, -0.05) is 42.0 Å². The number of cyclic esters (lactones) is 1. The van der Waals surface area contributed by atoms with Gasteiger partial charge in [0, 0.05) is 22.7 Å². The van der Waals surface area contributed by atoms with E-state index in [9.17, 15) is 14.9 Å². The maximum absolute atomic E-state index is 11.9. The highest BCUT2D eigenvalue weighted by Gasteiger charge is 2.23. The first-order chi connectivity index (χ1) is 12.0. The fourth-order valence-corrected chi connectivity index (χ4v) is 2.35. The Labute approximate surface area is 147 Å². The van der Waals surface area contributed by atoms with Gasteiger partial charge in [0.05, 0.1) is 4.92 Å². The Bertz CT molecular complexity index is 948. The third-order valence-corrected chi connectivity index (χ3v) is 3.55. The Morgan fingerprint density at radius 1 is 1.16 bits per heavy atom. The van der Waals surface area contributed by atoms with E-state index in [1.165, 1.54) is 18.2 Å². The van der Waals surface area contributed by atoms with Gasteiger partial charge in [0.2, 0.25) is 5.90 Å². The molecule has 0 atom stereocenters. The van der Waals surface area contributed by atoms with Gasteiger partial charge in [-0.25, -0.2) is 9.79 Å². The summed E-state index contributed by atoms with van der Waals surface area (Å²) in [6, 6.07) is 13.0. The first kappa shape index (κ1) is 16.6. The fraction of sp³-hybridized carbons (Fsp3) is 0. The molecule has 1 aliphatic rings. The Kier molecular flexibility index (Phi) is 4.72. The van der Waals surface area contributed by atoms with Gasteiger partial charge in [-0.15, -0.1) is 0 Å². The molecule has 1 heterocycles. The lowest BCUT2D eigenvalue weighted by atomic mass is 10.2. The summed E-state index contributed by atoms with van der Waals surface area (Å²) < 4.78 is 5.13. The highest BCUT2D eigenvalue weighted by atomic mass is 35.5. The largest absolute Gasteiger partial charge is 0.402 e. The van der Waals surface area contributed by atoms with E-state index in [1.807, 2.05) is 0 Å². The molecule has 0 saturated heterocycles. The van der Waals surface area contributed by atoms with Gasteiger partial charge >= 0.3 is 5.97 Å². The molecule has 0 saturated carbocycles. The molecule has 2 aromatic carbocycles. The second kappa shape index (κ2) is 7.11. The minimum Gasteiger partial charge on any atom is -0.402 e. The lowest BCUT2D eigenvalue weighted by molar-refractivity contribution is -0.384. The number of nitro benzene ring substituents is 1. The Balaban J connectivity index is 1.80. The summed E-state index contributed by atoms with van der Waals surface area (Å²) in [5, 5.41) is 11.3. The van der Waals surface area contributed by atoms with Gasteiger partial charge < -0.3 is 4.74 Å². The van der Waals surface area contributed by atoms with Crippen LogP contribution >= 0.6 is 11.6 Å². The predicted molar refractivity (Wildman–Crippen MR) is 94.3 cm³/mol. The number of ether oxygens (including phenoxy) is 1. The number of rotatable bonds is 4. The predicted octanol–water partition coefficient (Wildman–Crippen LogP) is 4.15. The second-order valence-electron chi connectivity index (χ2n) is 5.08. The first-order valence-electron chi connectivity index (χ1n) is 7.22. The molecule has 0 radical (unpaired) electrons. The van der Waals surface area contributed by atoms with E-state index >= 15 is 0 Å². The number of benzene rings is 2. The smallest absolute Gasteiger partial charge is 0.363 e. The van der Waals surface area contributed by atoms with Gasteiger partial charge in [-0.2, -0.15) is 0 Å². The number of carbonyl (C=O) groups excluding carboxylic acids is 1. The van der Waals surface area contributed by atoms with E-state index in [4.69, 9.17) is 16.3 Å². The van der Waals surface area contributed by atoms with E-state index in [-0.39, 0.29) is 17.3 Å². The monoisotopic (exact) mass is 354 g/mol. The standard InChI is InChI=1S/C18H11ClN2O4/c19-14-7-3-6-13(11-14)17-20-16(18(22)25-17)9-2-5-12-4-1-8-15(10-12)21(23)24/h1-11H. The zero-order valence-electron chi connectivity index (χ0n) is 12.8. The number of nitrogens with zero attached hydrogens (tertiary/aromatic N) is 2. The van der Waals surface area contributed by atoms with Crippen molar-refractivity contribution in [3.63, 3.8) is 0 Å². The van der Waals surface area contributed by atoms with E-state index in [2.05, 4.69) is 4.99 Å². The molecular formula is C18H11ClN2O4. The zero-order valence-corrected chi connectivity index (χ0v) is 13.5. The quantitative estimate of drug-likeness (QED) is 0.357. The van der Waals surface area contributed by atoms with Crippen LogP contribution in [-0.4, -0.2) is 16.8 Å². The minimum atomic E-state index is -0.571. The molecule has 1 aliphatic heterocycles. The molecule has 0 bridgehead atoms. The SMILES string of the molecule is O=C1OC(c2cccc(Cl)c2)=NC1=CC=Cc1cccc([N+](=O)[O-])c1. The number of hydrogen-bond donors (Lipinski definition) is 0. The van der Waals surface area contributed by atoms with Crippen LogP contribution in [0.25, 0.3) is 6.08 Å². The Morgan fingerprint density at radius 2 is 1.96 bits per heavy atom. The number of halogens is 1. The van der Waals surface area contributed by atoms with Crippen molar-refractivity contribution in [2.24, 2.45) is 4.99 Å². The third-order valence-electron chi connectivity index (χ3n) is 3.32. The topological polar surface area (TPSA) is 81.8 Å². The molecule has 0 N–H and O–H groups in total. The second-order valence-corrected chi connectivity index (χ2v) is 5.52. The maximum atomic E-state index is 11.9. The number of aliphatic imine (C=N–C) groups is 1. The first-order valence-corrected chi connectivity index (χ1v) is 7.60. The molecule has 6 nitrogen and oxygen atoms in total.